The molecule has 0 aliphatic carbocycles. The molecular formula is C97H109F3N10O23. The van der Waals surface area contributed by atoms with Gasteiger partial charge in [0.25, 0.3) is 5.69 Å². The van der Waals surface area contributed by atoms with Crippen molar-refractivity contribution in [3.05, 3.63) is 281 Å². The third kappa shape index (κ3) is 25.4. The van der Waals surface area contributed by atoms with Crippen LogP contribution in [0.15, 0.2) is 187 Å². The molecule has 33 nitrogen and oxygen atoms in total. The third-order valence-corrected chi connectivity index (χ3v) is 21.3. The van der Waals surface area contributed by atoms with Gasteiger partial charge in [0.1, 0.15) is 40.7 Å². The monoisotopic (exact) mass is 1840 g/mol. The number of alkyl halides is 3. The van der Waals surface area contributed by atoms with Gasteiger partial charge in [-0.2, -0.15) is 27.6 Å². The average molecular weight is 1840 g/mol. The fraction of sp³-hybridized carbons (Fsp3) is 0.423. The maximum Gasteiger partial charge on any atom is 0.433 e. The number of ether oxygens (including phenoxy) is 5. The van der Waals surface area contributed by atoms with Gasteiger partial charge in [0, 0.05) is 84.1 Å². The number of fused-ring (bicyclic) bond motifs is 7. The Morgan fingerprint density at radius 3 is 1.36 bits per heavy atom. The second kappa shape index (κ2) is 48.3. The van der Waals surface area contributed by atoms with Gasteiger partial charge in [0.2, 0.25) is 23.2 Å². The highest BCUT2D eigenvalue weighted by molar-refractivity contribution is 6.44. The van der Waals surface area contributed by atoms with Crippen molar-refractivity contribution in [2.24, 2.45) is 25.0 Å². The van der Waals surface area contributed by atoms with Crippen molar-refractivity contribution in [1.29, 1.82) is 0 Å². The van der Waals surface area contributed by atoms with Crippen molar-refractivity contribution >= 4 is 68.6 Å². The van der Waals surface area contributed by atoms with Crippen molar-refractivity contribution in [1.82, 2.24) is 19.6 Å². The van der Waals surface area contributed by atoms with Crippen LogP contribution in [0.2, 0.25) is 0 Å². The zero-order chi connectivity index (χ0) is 96.2. The molecule has 2 aromatic carbocycles. The highest BCUT2D eigenvalue weighted by atomic mass is 19.4. The summed E-state index contributed by atoms with van der Waals surface area (Å²) in [5.74, 6) is 2.59. The first kappa shape index (κ1) is 101. The highest BCUT2D eigenvalue weighted by Crippen LogP contribution is 2.36. The van der Waals surface area contributed by atoms with Crippen LogP contribution in [-0.4, -0.2) is 111 Å². The Morgan fingerprint density at radius 2 is 0.850 bits per heavy atom. The molecule has 0 radical (unpaired) electrons. The molecular weight excluding hydrogens is 1730 g/mol. The SMILES string of the molecule is CCCCc1cc(=O)oc2c1C(C(=O)OCC)=NC2.CCCCc1cc(=O)oc2c1C(C(F)(F)F)=NC2.CCCCc1cc(=O)oc2c1C(COC)=NC2.CCCCc1cc(=O)oc2c1C(OCC)=NC2.CCCCc1cc(=O)oc2c1c(OCC)nn2-c1ccc([N+](=O)[O-])cc1.CCOC(=O)c1nn(-c2ccccc2)c2oc(=O)cc(CC)c12.CCc1cc(=O)oc2c1C(C)=NC2. The summed E-state index contributed by atoms with van der Waals surface area (Å²) in [5.41, 5.74) is 9.82. The molecule has 0 bridgehead atoms. The number of non-ortho nitro benzene ring substituents is 1. The minimum atomic E-state index is -4.51. The molecule has 11 aromatic rings. The number of hydrogen-bond acceptors (Lipinski definition) is 30. The smallest absolute Gasteiger partial charge is 0.433 e. The lowest BCUT2D eigenvalue weighted by molar-refractivity contribution is -0.384. The largest absolute Gasteiger partial charge is 0.478 e. The molecule has 0 saturated carbocycles. The van der Waals surface area contributed by atoms with Crippen LogP contribution >= 0.6 is 0 Å². The molecule has 133 heavy (non-hydrogen) atoms. The fourth-order valence-corrected chi connectivity index (χ4v) is 15.3. The predicted octanol–water partition coefficient (Wildman–Crippen LogP) is 16.8. The molecule has 0 amide bonds. The van der Waals surface area contributed by atoms with Gasteiger partial charge in [-0.3, -0.25) is 30.1 Å². The van der Waals surface area contributed by atoms with Crippen LogP contribution < -0.4 is 44.1 Å². The van der Waals surface area contributed by atoms with E-state index in [0.29, 0.717) is 133 Å². The highest BCUT2D eigenvalue weighted by Gasteiger charge is 2.43. The molecule has 0 fully saturated rings. The van der Waals surface area contributed by atoms with Gasteiger partial charge in [0.15, 0.2) is 17.1 Å². The Balaban J connectivity index is 0.000000162. The van der Waals surface area contributed by atoms with Gasteiger partial charge >= 0.3 is 57.5 Å². The van der Waals surface area contributed by atoms with E-state index in [4.69, 9.17) is 54.6 Å². The zero-order valence-corrected chi connectivity index (χ0v) is 76.8. The first-order valence-electron chi connectivity index (χ1n) is 44.6. The lowest BCUT2D eigenvalue weighted by atomic mass is 9.99. The number of carbonyl (C=O) groups excluding carboxylic acids is 2. The number of aromatic nitrogens is 4. The number of methoxy groups -OCH3 is 1. The van der Waals surface area contributed by atoms with Crippen LogP contribution in [0.25, 0.3) is 33.6 Å². The van der Waals surface area contributed by atoms with E-state index in [-0.39, 0.29) is 82.0 Å². The molecule has 16 rings (SSSR count). The molecule has 0 atom stereocenters. The van der Waals surface area contributed by atoms with E-state index in [1.54, 1.807) is 51.3 Å². The maximum absolute atomic E-state index is 12.8. The summed E-state index contributed by atoms with van der Waals surface area (Å²) in [6, 6.07) is 25.2. The number of rotatable bonds is 29. The van der Waals surface area contributed by atoms with Gasteiger partial charge in [-0.15, -0.1) is 5.10 Å². The molecule has 9 aromatic heterocycles. The summed E-state index contributed by atoms with van der Waals surface area (Å²) in [7, 11) is 1.64. The van der Waals surface area contributed by atoms with Crippen LogP contribution in [0, 0.1) is 10.1 Å². The molecule has 5 aliphatic heterocycles. The Morgan fingerprint density at radius 1 is 0.436 bits per heavy atom. The molecule has 5 aliphatic rings. The van der Waals surface area contributed by atoms with Crippen LogP contribution in [0.5, 0.6) is 5.88 Å². The number of esters is 2. The number of halogens is 3. The summed E-state index contributed by atoms with van der Waals surface area (Å²) in [5, 5.41) is 20.8. The molecule has 706 valence electrons. The number of nitro benzene ring substituents is 1. The standard InChI is InChI=1S/C18H19N3O5.C17H16N2O4.C14H17NO4.2C13H17NO3.C12H12F3NO2.C10H11NO2/c1-3-5-6-12-11-15(22)26-18-16(12)17(25-4-2)19-20(18)13-7-9-14(10-8-13)21(23)24;1-3-11-10-13(20)23-16-14(11)15(17(21)22-4-2)18-19(16)12-8-6-5-7-9-12;1-3-5-6-9-7-11(16)19-10-8-15-13(12(9)10)14(17)18-4-2;1-3-4-5-9-6-12(15)17-11-7-14-10(8-16-2)13(9)11;1-3-5-6-9-7-11(15)17-10-8-14-13(12(9)10)16-4-2;1-2-3-4-7-5-9(17)18-8-6-16-11(10(7)8)12(13,14)15;1-3-7-4-9(12)13-8-5-11-6(2)10(7)8/h7-11H,3-6H2,1-2H3;5-10H,3-4H2,1-2H3;7H,3-6,8H2,1-2H3;6H,3-5,7-8H2,1-2H3;7H,3-6,8H2,1-2H3;5H,2-4,6H2,1H3;4H,3,5H2,1-2H3. The zero-order valence-electron chi connectivity index (χ0n) is 76.8. The number of aliphatic imine (C=N–C) groups is 5. The second-order valence-electron chi connectivity index (χ2n) is 30.7. The first-order chi connectivity index (χ1) is 64.0. The first-order valence-corrected chi connectivity index (χ1v) is 44.6. The van der Waals surface area contributed by atoms with Crippen LogP contribution in [0.1, 0.15) is 253 Å². The molecule has 14 heterocycles. The molecule has 0 N–H and O–H groups in total. The summed E-state index contributed by atoms with van der Waals surface area (Å²) in [4.78, 5) is 135. The van der Waals surface area contributed by atoms with Crippen LogP contribution in [0.3, 0.4) is 0 Å². The van der Waals surface area contributed by atoms with Gasteiger partial charge < -0.3 is 54.6 Å². The van der Waals surface area contributed by atoms with Crippen molar-refractivity contribution in [2.75, 3.05) is 40.1 Å². The lowest BCUT2D eigenvalue weighted by Gasteiger charge is -2.11. The number of nitro groups is 1. The molecule has 0 unspecified atom stereocenters. The molecule has 36 heteroatoms. The lowest BCUT2D eigenvalue weighted by Crippen LogP contribution is -2.24. The topological polar surface area (TPSA) is 432 Å². The van der Waals surface area contributed by atoms with Gasteiger partial charge in [0.05, 0.1) is 97.7 Å². The summed E-state index contributed by atoms with van der Waals surface area (Å²) < 4.78 is 104. The number of nitrogens with zero attached hydrogens (tertiary/aromatic N) is 10. The second-order valence-corrected chi connectivity index (χ2v) is 30.7. The van der Waals surface area contributed by atoms with E-state index in [0.717, 1.165) is 158 Å². The minimum absolute atomic E-state index is 0.0275. The Labute approximate surface area is 761 Å². The van der Waals surface area contributed by atoms with Crippen LogP contribution in [0.4, 0.5) is 18.9 Å². The average Bonchev–Trinajstić information content (AvgIpc) is 1.62. The third-order valence-electron chi connectivity index (χ3n) is 21.3. The van der Waals surface area contributed by atoms with Gasteiger partial charge in [-0.05, 0) is 175 Å². The summed E-state index contributed by atoms with van der Waals surface area (Å²) >= 11 is 0. The molecule has 0 saturated heterocycles. The number of carbonyl (C=O) groups is 2. The minimum Gasteiger partial charge on any atom is -0.478 e. The number of hydrogen-bond donors (Lipinski definition) is 0. The van der Waals surface area contributed by atoms with Crippen LogP contribution in [-0.2, 0) is 101 Å². The van der Waals surface area contributed by atoms with Gasteiger partial charge in [-0.25, -0.2) is 48.1 Å². The fourth-order valence-electron chi connectivity index (χ4n) is 15.3. The van der Waals surface area contributed by atoms with E-state index in [9.17, 15) is 66.4 Å². The van der Waals surface area contributed by atoms with Crippen molar-refractivity contribution in [2.45, 2.75) is 231 Å². The molecule has 0 spiro atoms. The van der Waals surface area contributed by atoms with Crippen molar-refractivity contribution < 1.29 is 82.3 Å². The Hall–Kier alpha value is -13.9. The van der Waals surface area contributed by atoms with Gasteiger partial charge in [-0.1, -0.05) is 98.8 Å². The van der Waals surface area contributed by atoms with E-state index in [1.165, 1.54) is 39.7 Å². The Kier molecular flexibility index (Phi) is 36.7. The number of aryl methyl sites for hydroxylation is 7. The van der Waals surface area contributed by atoms with E-state index >= 15 is 0 Å². The van der Waals surface area contributed by atoms with Crippen molar-refractivity contribution in [3.8, 4) is 17.3 Å². The number of benzene rings is 2. The summed E-state index contributed by atoms with van der Waals surface area (Å²) in [6.45, 7) is 26.9. The predicted molar refractivity (Wildman–Crippen MR) is 493 cm³/mol. The Bertz CT molecular complexity index is 6510. The van der Waals surface area contributed by atoms with Crippen molar-refractivity contribution in [3.63, 3.8) is 0 Å². The van der Waals surface area contributed by atoms with E-state index in [2.05, 4.69) is 62.9 Å². The maximum atomic E-state index is 12.8. The number of unbranched alkanes of at least 4 members (excludes halogenated alkanes) is 5. The van der Waals surface area contributed by atoms with E-state index < -0.39 is 45.6 Å². The quantitative estimate of drug-likeness (QED) is 0.0239. The normalized spacial score (nSPS) is 12.7. The summed E-state index contributed by atoms with van der Waals surface area (Å²) in [6.07, 6.45) is 10.3. The number of para-hydroxylation sites is 1. The van der Waals surface area contributed by atoms with E-state index in [1.807, 2.05) is 71.9 Å².